The molecule has 0 N–H and O–H groups in total. The second-order valence-electron chi connectivity index (χ2n) is 3.57. The fourth-order valence-corrected chi connectivity index (χ4v) is 1.21. The smallest absolute Gasteiger partial charge is 0.00248 e. The van der Waals surface area contributed by atoms with Gasteiger partial charge in [0, 0.05) is 0 Å². The highest BCUT2D eigenvalue weighted by atomic mass is 35.5. The minimum atomic E-state index is 0. The molecule has 0 saturated heterocycles. The Kier molecular flexibility index (Phi) is 33.5. The van der Waals surface area contributed by atoms with Gasteiger partial charge in [-0.2, -0.15) is 0 Å². The zero-order valence-electron chi connectivity index (χ0n) is 9.62. The van der Waals surface area contributed by atoms with Gasteiger partial charge in [-0.1, -0.05) is 39.0 Å². The van der Waals surface area contributed by atoms with E-state index in [1.54, 1.807) is 0 Å². The van der Waals surface area contributed by atoms with Crippen molar-refractivity contribution in [2.75, 3.05) is 20.6 Å². The van der Waals surface area contributed by atoms with Crippen LogP contribution < -0.4 is 0 Å². The van der Waals surface area contributed by atoms with Crippen LogP contribution in [0.15, 0.2) is 0 Å². The average molecular weight is 267 g/mol. The summed E-state index contributed by atoms with van der Waals surface area (Å²) >= 11 is 0. The predicted molar refractivity (Wildman–Crippen MR) is 73.7 cm³/mol. The summed E-state index contributed by atoms with van der Waals surface area (Å²) in [5.74, 6) is 0. The van der Waals surface area contributed by atoms with E-state index in [9.17, 15) is 0 Å². The molecule has 0 fully saturated rings. The Morgan fingerprint density at radius 2 is 1.14 bits per heavy atom. The molecular weight excluding hydrogens is 240 g/mol. The topological polar surface area (TPSA) is 3.24 Å². The fourth-order valence-electron chi connectivity index (χ4n) is 1.21. The maximum Gasteiger partial charge on any atom is -0.00248 e. The van der Waals surface area contributed by atoms with E-state index in [0.717, 1.165) is 0 Å². The molecule has 0 aliphatic heterocycles. The Labute approximate surface area is 108 Å². The van der Waals surface area contributed by atoms with Gasteiger partial charge in [0.05, 0.1) is 0 Å². The summed E-state index contributed by atoms with van der Waals surface area (Å²) in [5, 5.41) is 0. The van der Waals surface area contributed by atoms with Gasteiger partial charge in [-0.05, 0) is 27.1 Å². The van der Waals surface area contributed by atoms with Crippen LogP contribution in [0, 0.1) is 0 Å². The Hall–Kier alpha value is 0.830. The van der Waals surface area contributed by atoms with E-state index in [-0.39, 0.29) is 37.2 Å². The Balaban J connectivity index is -0.000000167. The lowest BCUT2D eigenvalue weighted by molar-refractivity contribution is 0.389. The van der Waals surface area contributed by atoms with Gasteiger partial charge in [0.15, 0.2) is 0 Å². The van der Waals surface area contributed by atoms with E-state index < -0.39 is 0 Å². The molecule has 0 aromatic heterocycles. The molecule has 0 aliphatic carbocycles. The maximum absolute atomic E-state index is 2.26. The molecule has 0 unspecified atom stereocenters. The van der Waals surface area contributed by atoms with Gasteiger partial charge in [-0.3, -0.25) is 0 Å². The number of hydrogen-bond donors (Lipinski definition) is 0. The molecule has 0 aromatic carbocycles. The minimum Gasteiger partial charge on any atom is -0.309 e. The molecule has 4 heteroatoms. The summed E-state index contributed by atoms with van der Waals surface area (Å²) in [6.45, 7) is 3.52. The van der Waals surface area contributed by atoms with Crippen LogP contribution in [0.1, 0.15) is 45.4 Å². The first-order chi connectivity index (χ1) is 5.27. The Bertz CT molecular complexity index is 79.8. The molecule has 0 aliphatic rings. The first-order valence-corrected chi connectivity index (χ1v) is 4.92. The van der Waals surface area contributed by atoms with Crippen LogP contribution in [0.2, 0.25) is 0 Å². The third-order valence-electron chi connectivity index (χ3n) is 1.96. The van der Waals surface area contributed by atoms with E-state index in [1.807, 2.05) is 0 Å². The number of unbranched alkanes of at least 4 members (excludes halogenated alkanes) is 5. The fraction of sp³-hybridized carbons (Fsp3) is 1.00. The number of rotatable bonds is 7. The van der Waals surface area contributed by atoms with E-state index in [2.05, 4.69) is 25.9 Å². The molecule has 0 amide bonds. The molecule has 0 rings (SSSR count). The lowest BCUT2D eigenvalue weighted by atomic mass is 10.1. The predicted octanol–water partition coefficient (Wildman–Crippen LogP) is 4.17. The molecule has 0 saturated carbocycles. The molecule has 0 aromatic rings. The highest BCUT2D eigenvalue weighted by Gasteiger charge is 1.90. The van der Waals surface area contributed by atoms with Crippen molar-refractivity contribution in [2.45, 2.75) is 45.4 Å². The summed E-state index contributed by atoms with van der Waals surface area (Å²) in [5.41, 5.74) is 0. The second-order valence-corrected chi connectivity index (χ2v) is 3.57. The molecule has 0 heterocycles. The summed E-state index contributed by atoms with van der Waals surface area (Å²) in [6, 6.07) is 0. The van der Waals surface area contributed by atoms with Crippen LogP contribution in [0.4, 0.5) is 0 Å². The second kappa shape index (κ2) is 19.4. The van der Waals surface area contributed by atoms with Crippen molar-refractivity contribution in [3.8, 4) is 0 Å². The number of hydrogen-bond acceptors (Lipinski definition) is 1. The molecule has 92 valence electrons. The molecule has 0 radical (unpaired) electrons. The molecule has 1 nitrogen and oxygen atoms in total. The zero-order chi connectivity index (χ0) is 8.53. The van der Waals surface area contributed by atoms with Gasteiger partial charge in [-0.25, -0.2) is 0 Å². The molecule has 0 spiro atoms. The molecule has 0 atom stereocenters. The van der Waals surface area contributed by atoms with Crippen molar-refractivity contribution >= 4 is 37.2 Å². The van der Waals surface area contributed by atoms with Crippen molar-refractivity contribution in [3.63, 3.8) is 0 Å². The van der Waals surface area contributed by atoms with Gasteiger partial charge in [0.25, 0.3) is 0 Å². The summed E-state index contributed by atoms with van der Waals surface area (Å²) in [7, 11) is 4.29. The van der Waals surface area contributed by atoms with Crippen LogP contribution in [-0.2, 0) is 0 Å². The molecular formula is C10H26Cl3N. The van der Waals surface area contributed by atoms with Gasteiger partial charge >= 0.3 is 0 Å². The summed E-state index contributed by atoms with van der Waals surface area (Å²) in [6.07, 6.45) is 8.43. The van der Waals surface area contributed by atoms with Crippen LogP contribution >= 0.6 is 37.2 Å². The van der Waals surface area contributed by atoms with E-state index in [1.165, 1.54) is 45.1 Å². The van der Waals surface area contributed by atoms with Gasteiger partial charge in [-0.15, -0.1) is 37.2 Å². The minimum absolute atomic E-state index is 0. The van der Waals surface area contributed by atoms with Gasteiger partial charge in [0.1, 0.15) is 0 Å². The van der Waals surface area contributed by atoms with Gasteiger partial charge < -0.3 is 4.90 Å². The van der Waals surface area contributed by atoms with E-state index >= 15 is 0 Å². The summed E-state index contributed by atoms with van der Waals surface area (Å²) in [4.78, 5) is 2.26. The SMILES string of the molecule is CCCCCCCCN(C)C.Cl.Cl.Cl. The normalized spacial score (nSPS) is 8.57. The van der Waals surface area contributed by atoms with Crippen molar-refractivity contribution < 1.29 is 0 Å². The first-order valence-electron chi connectivity index (χ1n) is 4.92. The number of nitrogens with zero attached hydrogens (tertiary/aromatic N) is 1. The quantitative estimate of drug-likeness (QED) is 0.625. The summed E-state index contributed by atoms with van der Waals surface area (Å²) < 4.78 is 0. The molecule has 0 bridgehead atoms. The van der Waals surface area contributed by atoms with Crippen LogP contribution in [0.25, 0.3) is 0 Å². The highest BCUT2D eigenvalue weighted by Crippen LogP contribution is 2.04. The van der Waals surface area contributed by atoms with E-state index in [4.69, 9.17) is 0 Å². The maximum atomic E-state index is 2.26. The Morgan fingerprint density at radius 1 is 0.714 bits per heavy atom. The third-order valence-corrected chi connectivity index (χ3v) is 1.96. The van der Waals surface area contributed by atoms with Crippen LogP contribution in [0.3, 0.4) is 0 Å². The zero-order valence-corrected chi connectivity index (χ0v) is 12.1. The van der Waals surface area contributed by atoms with Crippen molar-refractivity contribution in [2.24, 2.45) is 0 Å². The van der Waals surface area contributed by atoms with Gasteiger partial charge in [0.2, 0.25) is 0 Å². The van der Waals surface area contributed by atoms with Crippen molar-refractivity contribution in [1.82, 2.24) is 4.90 Å². The monoisotopic (exact) mass is 265 g/mol. The van der Waals surface area contributed by atoms with Crippen LogP contribution in [-0.4, -0.2) is 25.5 Å². The highest BCUT2D eigenvalue weighted by molar-refractivity contribution is 5.86. The lowest BCUT2D eigenvalue weighted by Crippen LogP contribution is -2.12. The van der Waals surface area contributed by atoms with Crippen LogP contribution in [0.5, 0.6) is 0 Å². The van der Waals surface area contributed by atoms with E-state index in [0.29, 0.717) is 0 Å². The largest absolute Gasteiger partial charge is 0.309 e. The van der Waals surface area contributed by atoms with Crippen molar-refractivity contribution in [1.29, 1.82) is 0 Å². The first kappa shape index (κ1) is 24.2. The lowest BCUT2D eigenvalue weighted by Gasteiger charge is -2.08. The Morgan fingerprint density at radius 3 is 1.57 bits per heavy atom. The standard InChI is InChI=1S/C10H23N.3ClH/c1-4-5-6-7-8-9-10-11(2)3;;;/h4-10H2,1-3H3;3*1H. The number of halogens is 3. The average Bonchev–Trinajstić information content (AvgIpc) is 1.96. The molecule has 14 heavy (non-hydrogen) atoms. The van der Waals surface area contributed by atoms with Crippen molar-refractivity contribution in [3.05, 3.63) is 0 Å². The third kappa shape index (κ3) is 23.0.